The molecule has 2 atom stereocenters. The molecule has 6 nitrogen and oxygen atoms in total. The van der Waals surface area contributed by atoms with Crippen molar-refractivity contribution in [2.75, 3.05) is 5.32 Å². The van der Waals surface area contributed by atoms with Gasteiger partial charge in [-0.15, -0.1) is 0 Å². The van der Waals surface area contributed by atoms with Crippen molar-refractivity contribution in [2.24, 2.45) is 0 Å². The van der Waals surface area contributed by atoms with Crippen molar-refractivity contribution in [2.45, 2.75) is 56.7 Å². The van der Waals surface area contributed by atoms with Gasteiger partial charge in [-0.2, -0.15) is 0 Å². The van der Waals surface area contributed by atoms with Crippen LogP contribution in [-0.2, 0) is 0 Å². The maximum atomic E-state index is 12.1. The number of aliphatic hydroxyl groups excluding tert-OH is 1. The van der Waals surface area contributed by atoms with Crippen LogP contribution in [0.3, 0.4) is 0 Å². The van der Waals surface area contributed by atoms with Crippen molar-refractivity contribution < 1.29 is 9.90 Å². The summed E-state index contributed by atoms with van der Waals surface area (Å²) < 4.78 is 0. The van der Waals surface area contributed by atoms with Crippen LogP contribution in [0.1, 0.15) is 49.0 Å². The Bertz CT molecular complexity index is 490. The lowest BCUT2D eigenvalue weighted by Crippen LogP contribution is -2.34. The van der Waals surface area contributed by atoms with Crippen molar-refractivity contribution in [3.8, 4) is 0 Å². The van der Waals surface area contributed by atoms with Gasteiger partial charge >= 0.3 is 0 Å². The zero-order valence-corrected chi connectivity index (χ0v) is 11.4. The minimum atomic E-state index is -0.290. The average molecular weight is 276 g/mol. The Balaban J connectivity index is 1.60. The van der Waals surface area contributed by atoms with Gasteiger partial charge in [-0.05, 0) is 38.5 Å². The summed E-state index contributed by atoms with van der Waals surface area (Å²) >= 11 is 0. The molecule has 0 spiro atoms. The van der Waals surface area contributed by atoms with E-state index in [4.69, 9.17) is 0 Å². The van der Waals surface area contributed by atoms with Gasteiger partial charge in [0, 0.05) is 18.2 Å². The predicted molar refractivity (Wildman–Crippen MR) is 74.4 cm³/mol. The molecule has 20 heavy (non-hydrogen) atoms. The summed E-state index contributed by atoms with van der Waals surface area (Å²) in [6.45, 7) is 0. The third-order valence-electron chi connectivity index (χ3n) is 4.10. The first-order chi connectivity index (χ1) is 9.70. The molecule has 1 heterocycles. The zero-order chi connectivity index (χ0) is 13.9. The van der Waals surface area contributed by atoms with Gasteiger partial charge in [0.2, 0.25) is 0 Å². The minimum absolute atomic E-state index is 0.0514. The first kappa shape index (κ1) is 13.3. The Labute approximate surface area is 118 Å². The number of hydrogen-bond acceptors (Lipinski definition) is 5. The Morgan fingerprint density at radius 2 is 2.05 bits per heavy atom. The third kappa shape index (κ3) is 3.07. The van der Waals surface area contributed by atoms with Crippen LogP contribution in [-0.4, -0.2) is 39.2 Å². The highest BCUT2D eigenvalue weighted by atomic mass is 16.3. The zero-order valence-electron chi connectivity index (χ0n) is 11.4. The molecule has 0 saturated heterocycles. The van der Waals surface area contributed by atoms with Gasteiger partial charge in [-0.25, -0.2) is 9.97 Å². The minimum Gasteiger partial charge on any atom is -0.393 e. The molecule has 3 N–H and O–H groups in total. The van der Waals surface area contributed by atoms with Gasteiger partial charge in [0.25, 0.3) is 5.91 Å². The Morgan fingerprint density at radius 1 is 1.20 bits per heavy atom. The molecule has 2 aliphatic carbocycles. The van der Waals surface area contributed by atoms with Crippen molar-refractivity contribution in [1.29, 1.82) is 0 Å². The molecule has 108 valence electrons. The highest BCUT2D eigenvalue weighted by molar-refractivity contribution is 5.93. The van der Waals surface area contributed by atoms with Crippen LogP contribution in [0.15, 0.2) is 12.4 Å². The first-order valence-electron chi connectivity index (χ1n) is 7.28. The number of carbonyl (C=O) groups is 1. The summed E-state index contributed by atoms with van der Waals surface area (Å²) in [4.78, 5) is 20.3. The maximum Gasteiger partial charge on any atom is 0.270 e. The number of rotatable bonds is 4. The maximum absolute atomic E-state index is 12.1. The molecule has 2 aliphatic rings. The van der Waals surface area contributed by atoms with Gasteiger partial charge in [0.15, 0.2) is 0 Å². The third-order valence-corrected chi connectivity index (χ3v) is 4.10. The fraction of sp³-hybridized carbons (Fsp3) is 0.643. The van der Waals surface area contributed by atoms with Gasteiger partial charge in [-0.1, -0.05) is 0 Å². The molecule has 1 unspecified atom stereocenters. The largest absolute Gasteiger partial charge is 0.393 e. The molecule has 1 aromatic heterocycles. The fourth-order valence-electron chi connectivity index (χ4n) is 2.67. The first-order valence-corrected chi connectivity index (χ1v) is 7.28. The number of aromatic nitrogens is 2. The molecule has 0 aliphatic heterocycles. The van der Waals surface area contributed by atoms with Crippen molar-refractivity contribution in [1.82, 2.24) is 15.3 Å². The highest BCUT2D eigenvalue weighted by Gasteiger charge is 2.25. The molecule has 3 rings (SSSR count). The van der Waals surface area contributed by atoms with Gasteiger partial charge in [0.1, 0.15) is 17.8 Å². The van der Waals surface area contributed by atoms with Crippen LogP contribution in [0.25, 0.3) is 0 Å². The molecule has 6 heteroatoms. The summed E-state index contributed by atoms with van der Waals surface area (Å²) in [5, 5.41) is 15.7. The average Bonchev–Trinajstić information content (AvgIpc) is 2.80. The van der Waals surface area contributed by atoms with Crippen molar-refractivity contribution in [3.63, 3.8) is 0 Å². The number of nitrogens with one attached hydrogen (secondary N) is 2. The smallest absolute Gasteiger partial charge is 0.270 e. The number of anilines is 1. The second-order valence-electron chi connectivity index (χ2n) is 5.70. The molecule has 1 amide bonds. The topological polar surface area (TPSA) is 87.1 Å². The summed E-state index contributed by atoms with van der Waals surface area (Å²) in [6.07, 6.45) is 6.90. The summed E-state index contributed by atoms with van der Waals surface area (Å²) in [6, 6.07) is 2.22. The van der Waals surface area contributed by atoms with E-state index in [-0.39, 0.29) is 18.1 Å². The normalized spacial score (nSPS) is 26.1. The van der Waals surface area contributed by atoms with E-state index in [9.17, 15) is 9.90 Å². The number of nitrogens with zero attached hydrogens (tertiary/aromatic N) is 2. The second-order valence-corrected chi connectivity index (χ2v) is 5.70. The molecular weight excluding hydrogens is 256 g/mol. The van der Waals surface area contributed by atoms with Crippen LogP contribution >= 0.6 is 0 Å². The lowest BCUT2D eigenvalue weighted by molar-refractivity contribution is 0.0928. The molecule has 1 aromatic rings. The van der Waals surface area contributed by atoms with E-state index in [1.807, 2.05) is 0 Å². The Morgan fingerprint density at radius 3 is 2.70 bits per heavy atom. The molecule has 2 fully saturated rings. The van der Waals surface area contributed by atoms with E-state index in [0.717, 1.165) is 25.7 Å². The van der Waals surface area contributed by atoms with Crippen molar-refractivity contribution in [3.05, 3.63) is 18.1 Å². The van der Waals surface area contributed by atoms with Crippen LogP contribution < -0.4 is 10.6 Å². The SMILES string of the molecule is O=C(NC1CC[C@@H](O)C1)c1cc(NC2CCC2)ncn1. The standard InChI is InChI=1S/C14H20N4O2/c19-11-5-4-10(6-11)18-14(20)12-7-13(16-8-15-12)17-9-2-1-3-9/h7-11,19H,1-6H2,(H,18,20)(H,15,16,17)/t10?,11-/m1/s1. The number of carbonyl (C=O) groups excluding carboxylic acids is 1. The molecule has 0 aromatic carbocycles. The van der Waals surface area contributed by atoms with E-state index in [2.05, 4.69) is 20.6 Å². The Hall–Kier alpha value is -1.69. The fourth-order valence-corrected chi connectivity index (χ4v) is 2.67. The van der Waals surface area contributed by atoms with E-state index in [1.165, 1.54) is 12.7 Å². The van der Waals surface area contributed by atoms with Gasteiger partial charge in [-0.3, -0.25) is 4.79 Å². The number of aliphatic hydroxyl groups is 1. The van der Waals surface area contributed by atoms with Gasteiger partial charge < -0.3 is 15.7 Å². The van der Waals surface area contributed by atoms with Crippen LogP contribution in [0.5, 0.6) is 0 Å². The van der Waals surface area contributed by atoms with Crippen molar-refractivity contribution >= 4 is 11.7 Å². The Kier molecular flexibility index (Phi) is 3.82. The quantitative estimate of drug-likeness (QED) is 0.766. The molecule has 0 radical (unpaired) electrons. The van der Waals surface area contributed by atoms with Crippen LogP contribution in [0.2, 0.25) is 0 Å². The lowest BCUT2D eigenvalue weighted by Gasteiger charge is -2.26. The van der Waals surface area contributed by atoms with Crippen LogP contribution in [0, 0.1) is 0 Å². The summed E-state index contributed by atoms with van der Waals surface area (Å²) in [5.41, 5.74) is 0.378. The second kappa shape index (κ2) is 5.75. The molecular formula is C14H20N4O2. The predicted octanol–water partition coefficient (Wildman–Crippen LogP) is 1.08. The van der Waals surface area contributed by atoms with E-state index in [0.29, 0.717) is 24.0 Å². The van der Waals surface area contributed by atoms with E-state index < -0.39 is 0 Å². The van der Waals surface area contributed by atoms with E-state index >= 15 is 0 Å². The highest BCUT2D eigenvalue weighted by Crippen LogP contribution is 2.22. The number of amides is 1. The molecule has 2 saturated carbocycles. The number of hydrogen-bond donors (Lipinski definition) is 3. The summed E-state index contributed by atoms with van der Waals surface area (Å²) in [7, 11) is 0. The lowest BCUT2D eigenvalue weighted by atomic mass is 9.93. The summed E-state index contributed by atoms with van der Waals surface area (Å²) in [5.74, 6) is 0.518. The van der Waals surface area contributed by atoms with E-state index in [1.54, 1.807) is 6.07 Å². The monoisotopic (exact) mass is 276 g/mol. The van der Waals surface area contributed by atoms with Gasteiger partial charge in [0.05, 0.1) is 6.10 Å². The molecule has 0 bridgehead atoms. The van der Waals surface area contributed by atoms with Crippen LogP contribution in [0.4, 0.5) is 5.82 Å².